The van der Waals surface area contributed by atoms with Gasteiger partial charge in [-0.1, -0.05) is 6.42 Å². The summed E-state index contributed by atoms with van der Waals surface area (Å²) in [4.78, 5) is 11.0. The van der Waals surface area contributed by atoms with Crippen LogP contribution in [0.5, 0.6) is 0 Å². The molecule has 2 saturated carbocycles. The number of hydrogen-bond acceptors (Lipinski definition) is 2. The molecule has 0 spiro atoms. The highest BCUT2D eigenvalue weighted by atomic mass is 16.1. The van der Waals surface area contributed by atoms with E-state index < -0.39 is 0 Å². The van der Waals surface area contributed by atoms with E-state index in [1.807, 2.05) is 0 Å². The summed E-state index contributed by atoms with van der Waals surface area (Å²) in [5.41, 5.74) is 5.31. The summed E-state index contributed by atoms with van der Waals surface area (Å²) in [7, 11) is 0. The SMILES string of the molecule is NC(=O)C1CCC(NCC2CCC2)CC1. The number of primary amides is 1. The standard InChI is InChI=1S/C12H22N2O/c13-12(15)10-4-6-11(7-5-10)14-8-9-2-1-3-9/h9-11,14H,1-8H2,(H2,13,15). The van der Waals surface area contributed by atoms with Crippen LogP contribution in [0.1, 0.15) is 44.9 Å². The second kappa shape index (κ2) is 4.97. The molecule has 0 unspecified atom stereocenters. The van der Waals surface area contributed by atoms with Gasteiger partial charge >= 0.3 is 0 Å². The van der Waals surface area contributed by atoms with Gasteiger partial charge in [0, 0.05) is 12.0 Å². The molecule has 0 aliphatic heterocycles. The van der Waals surface area contributed by atoms with Crippen LogP contribution in [0.4, 0.5) is 0 Å². The smallest absolute Gasteiger partial charge is 0.220 e. The monoisotopic (exact) mass is 210 g/mol. The lowest BCUT2D eigenvalue weighted by Crippen LogP contribution is -2.39. The fourth-order valence-electron chi connectivity index (χ4n) is 2.61. The van der Waals surface area contributed by atoms with Crippen LogP contribution in [-0.4, -0.2) is 18.5 Å². The van der Waals surface area contributed by atoms with Crippen molar-refractivity contribution >= 4 is 5.91 Å². The molecule has 0 heterocycles. The van der Waals surface area contributed by atoms with Gasteiger partial charge in [-0.15, -0.1) is 0 Å². The predicted molar refractivity (Wildman–Crippen MR) is 60.3 cm³/mol. The number of carbonyl (C=O) groups excluding carboxylic acids is 1. The maximum Gasteiger partial charge on any atom is 0.220 e. The minimum atomic E-state index is -0.104. The summed E-state index contributed by atoms with van der Waals surface area (Å²) >= 11 is 0. The Hall–Kier alpha value is -0.570. The maximum absolute atomic E-state index is 11.0. The van der Waals surface area contributed by atoms with Gasteiger partial charge in [0.05, 0.1) is 0 Å². The lowest BCUT2D eigenvalue weighted by molar-refractivity contribution is -0.122. The van der Waals surface area contributed by atoms with E-state index in [9.17, 15) is 4.79 Å². The Morgan fingerprint density at radius 2 is 1.80 bits per heavy atom. The molecule has 2 aliphatic carbocycles. The van der Waals surface area contributed by atoms with Crippen molar-refractivity contribution < 1.29 is 4.79 Å². The van der Waals surface area contributed by atoms with Crippen molar-refractivity contribution in [2.75, 3.05) is 6.54 Å². The van der Waals surface area contributed by atoms with Crippen molar-refractivity contribution in [3.8, 4) is 0 Å². The Morgan fingerprint density at radius 3 is 2.27 bits per heavy atom. The molecule has 0 aromatic carbocycles. The number of rotatable bonds is 4. The molecule has 0 atom stereocenters. The first-order valence-corrected chi connectivity index (χ1v) is 6.28. The van der Waals surface area contributed by atoms with Crippen LogP contribution in [0, 0.1) is 11.8 Å². The Labute approximate surface area is 91.8 Å². The van der Waals surface area contributed by atoms with E-state index in [2.05, 4.69) is 5.32 Å². The van der Waals surface area contributed by atoms with Crippen molar-refractivity contribution in [1.82, 2.24) is 5.32 Å². The number of hydrogen-bond donors (Lipinski definition) is 2. The van der Waals surface area contributed by atoms with Crippen molar-refractivity contribution in [1.29, 1.82) is 0 Å². The van der Waals surface area contributed by atoms with Gasteiger partial charge in [-0.2, -0.15) is 0 Å². The van der Waals surface area contributed by atoms with Gasteiger partial charge in [-0.3, -0.25) is 4.79 Å². The van der Waals surface area contributed by atoms with Crippen LogP contribution in [0.15, 0.2) is 0 Å². The average Bonchev–Trinajstić information content (AvgIpc) is 2.16. The van der Waals surface area contributed by atoms with Crippen LogP contribution < -0.4 is 11.1 Å². The van der Waals surface area contributed by atoms with E-state index >= 15 is 0 Å². The molecule has 0 saturated heterocycles. The average molecular weight is 210 g/mol. The van der Waals surface area contributed by atoms with Crippen molar-refractivity contribution in [2.45, 2.75) is 51.0 Å². The lowest BCUT2D eigenvalue weighted by Gasteiger charge is -2.31. The third-order valence-electron chi connectivity index (χ3n) is 4.05. The van der Waals surface area contributed by atoms with E-state index in [-0.39, 0.29) is 11.8 Å². The molecule has 3 nitrogen and oxygen atoms in total. The molecule has 3 heteroatoms. The zero-order valence-electron chi connectivity index (χ0n) is 9.37. The van der Waals surface area contributed by atoms with Crippen LogP contribution in [0.25, 0.3) is 0 Å². The van der Waals surface area contributed by atoms with Gasteiger partial charge in [0.15, 0.2) is 0 Å². The maximum atomic E-state index is 11.0. The molecule has 0 radical (unpaired) electrons. The quantitative estimate of drug-likeness (QED) is 0.737. The summed E-state index contributed by atoms with van der Waals surface area (Å²) in [5.74, 6) is 0.970. The highest BCUT2D eigenvalue weighted by Crippen LogP contribution is 2.27. The third kappa shape index (κ3) is 2.94. The first-order valence-electron chi connectivity index (χ1n) is 6.28. The topological polar surface area (TPSA) is 55.1 Å². The zero-order valence-corrected chi connectivity index (χ0v) is 9.37. The lowest BCUT2D eigenvalue weighted by atomic mass is 9.83. The second-order valence-corrected chi connectivity index (χ2v) is 5.16. The summed E-state index contributed by atoms with van der Waals surface area (Å²) in [6.45, 7) is 1.19. The molecule has 3 N–H and O–H groups in total. The Kier molecular flexibility index (Phi) is 3.62. The molecule has 15 heavy (non-hydrogen) atoms. The third-order valence-corrected chi connectivity index (χ3v) is 4.05. The molecule has 2 aliphatic rings. The van der Waals surface area contributed by atoms with Crippen LogP contribution in [-0.2, 0) is 4.79 Å². The second-order valence-electron chi connectivity index (χ2n) is 5.16. The van der Waals surface area contributed by atoms with E-state index in [0.29, 0.717) is 6.04 Å². The fraction of sp³-hybridized carbons (Fsp3) is 0.917. The van der Waals surface area contributed by atoms with Crippen LogP contribution in [0.3, 0.4) is 0 Å². The van der Waals surface area contributed by atoms with Crippen LogP contribution in [0.2, 0.25) is 0 Å². The van der Waals surface area contributed by atoms with Gasteiger partial charge in [-0.25, -0.2) is 0 Å². The highest BCUT2D eigenvalue weighted by molar-refractivity contribution is 5.76. The molecule has 2 fully saturated rings. The van der Waals surface area contributed by atoms with Crippen LogP contribution >= 0.6 is 0 Å². The largest absolute Gasteiger partial charge is 0.369 e. The minimum absolute atomic E-state index is 0.104. The first kappa shape index (κ1) is 10.9. The summed E-state index contributed by atoms with van der Waals surface area (Å²) in [6.07, 6.45) is 8.45. The molecule has 1 amide bonds. The van der Waals surface area contributed by atoms with E-state index in [0.717, 1.165) is 31.6 Å². The number of nitrogens with two attached hydrogens (primary N) is 1. The summed E-state index contributed by atoms with van der Waals surface area (Å²) in [6, 6.07) is 0.640. The Balaban J connectivity index is 1.62. The predicted octanol–water partition coefficient (Wildman–Crippen LogP) is 1.42. The van der Waals surface area contributed by atoms with Gasteiger partial charge in [-0.05, 0) is 51.0 Å². The minimum Gasteiger partial charge on any atom is -0.369 e. The van der Waals surface area contributed by atoms with Crippen molar-refractivity contribution in [2.24, 2.45) is 17.6 Å². The van der Waals surface area contributed by atoms with Crippen molar-refractivity contribution in [3.63, 3.8) is 0 Å². The fourth-order valence-corrected chi connectivity index (χ4v) is 2.61. The molecular formula is C12H22N2O. The first-order chi connectivity index (χ1) is 7.25. The summed E-state index contributed by atoms with van der Waals surface area (Å²) in [5, 5.41) is 3.63. The molecular weight excluding hydrogens is 188 g/mol. The molecule has 0 aromatic rings. The molecule has 0 bridgehead atoms. The van der Waals surface area contributed by atoms with E-state index in [1.165, 1.54) is 25.8 Å². The zero-order chi connectivity index (χ0) is 10.7. The van der Waals surface area contributed by atoms with Gasteiger partial charge in [0.25, 0.3) is 0 Å². The highest BCUT2D eigenvalue weighted by Gasteiger charge is 2.25. The normalized spacial score (nSPS) is 32.3. The van der Waals surface area contributed by atoms with Gasteiger partial charge in [0.2, 0.25) is 5.91 Å². The van der Waals surface area contributed by atoms with E-state index in [1.54, 1.807) is 0 Å². The Bertz CT molecular complexity index is 218. The van der Waals surface area contributed by atoms with Gasteiger partial charge in [0.1, 0.15) is 0 Å². The molecule has 0 aromatic heterocycles. The molecule has 86 valence electrons. The van der Waals surface area contributed by atoms with Crippen molar-refractivity contribution in [3.05, 3.63) is 0 Å². The number of carbonyl (C=O) groups is 1. The number of nitrogens with one attached hydrogen (secondary N) is 1. The molecule has 2 rings (SSSR count). The van der Waals surface area contributed by atoms with E-state index in [4.69, 9.17) is 5.73 Å². The Morgan fingerprint density at radius 1 is 1.13 bits per heavy atom. The number of amides is 1. The van der Waals surface area contributed by atoms with Gasteiger partial charge < -0.3 is 11.1 Å². The summed E-state index contributed by atoms with van der Waals surface area (Å²) < 4.78 is 0.